The van der Waals surface area contributed by atoms with Gasteiger partial charge in [-0.05, 0) is 25.1 Å². The third-order valence-corrected chi connectivity index (χ3v) is 6.40. The Balaban J connectivity index is 1.28. The van der Waals surface area contributed by atoms with Crippen LogP contribution in [0.5, 0.6) is 11.6 Å². The molecule has 0 radical (unpaired) electrons. The number of amides is 2. The molecular weight excluding hydrogens is 508 g/mol. The average Bonchev–Trinajstić information content (AvgIpc) is 3.38. The lowest BCUT2D eigenvalue weighted by atomic mass is 9.92. The summed E-state index contributed by atoms with van der Waals surface area (Å²) in [4.78, 5) is 28.4. The number of hydrogen-bond donors (Lipinski definition) is 2. The number of pyridine rings is 1. The Bertz CT molecular complexity index is 1460. The van der Waals surface area contributed by atoms with Crippen molar-refractivity contribution >= 4 is 17.8 Å². The molecule has 1 aliphatic heterocycles. The van der Waals surface area contributed by atoms with Gasteiger partial charge < -0.3 is 19.7 Å². The highest BCUT2D eigenvalue weighted by Gasteiger charge is 2.22. The Kier molecular flexibility index (Phi) is 7.92. The summed E-state index contributed by atoms with van der Waals surface area (Å²) in [6.45, 7) is 11.2. The zero-order valence-corrected chi connectivity index (χ0v) is 23.2. The molecule has 0 atom stereocenters. The van der Waals surface area contributed by atoms with Gasteiger partial charge in [-0.15, -0.1) is 0 Å². The molecule has 208 valence electrons. The van der Waals surface area contributed by atoms with Gasteiger partial charge in [0, 0.05) is 54.6 Å². The Morgan fingerprint density at radius 1 is 1.07 bits per heavy atom. The van der Waals surface area contributed by atoms with Crippen molar-refractivity contribution in [2.75, 3.05) is 36.5 Å². The van der Waals surface area contributed by atoms with E-state index in [-0.39, 0.29) is 18.0 Å². The number of nitrogens with one attached hydrogen (secondary N) is 2. The van der Waals surface area contributed by atoms with Crippen molar-refractivity contribution in [2.45, 2.75) is 39.7 Å². The molecule has 3 aromatic heterocycles. The summed E-state index contributed by atoms with van der Waals surface area (Å²) in [5.74, 6) is 2.18. The van der Waals surface area contributed by atoms with Crippen molar-refractivity contribution < 1.29 is 14.3 Å². The Morgan fingerprint density at radius 3 is 2.62 bits per heavy atom. The summed E-state index contributed by atoms with van der Waals surface area (Å²) in [5.41, 5.74) is 3.12. The van der Waals surface area contributed by atoms with E-state index in [9.17, 15) is 4.79 Å². The lowest BCUT2D eigenvalue weighted by Gasteiger charge is -2.26. The van der Waals surface area contributed by atoms with Crippen LogP contribution in [0.1, 0.15) is 37.7 Å². The number of aryl methyl sites for hydroxylation is 1. The van der Waals surface area contributed by atoms with Gasteiger partial charge in [-0.3, -0.25) is 10.3 Å². The number of urea groups is 1. The van der Waals surface area contributed by atoms with Gasteiger partial charge >= 0.3 is 6.03 Å². The lowest BCUT2D eigenvalue weighted by molar-refractivity contribution is 0.122. The first-order chi connectivity index (χ1) is 19.3. The van der Waals surface area contributed by atoms with Crippen LogP contribution in [0.2, 0.25) is 0 Å². The average molecular weight is 543 g/mol. The van der Waals surface area contributed by atoms with E-state index in [0.717, 1.165) is 35.7 Å². The van der Waals surface area contributed by atoms with Crippen molar-refractivity contribution in [3.63, 3.8) is 0 Å². The second-order valence-electron chi connectivity index (χ2n) is 10.5. The topological polar surface area (TPSA) is 119 Å². The molecule has 1 aliphatic rings. The van der Waals surface area contributed by atoms with Gasteiger partial charge in [-0.1, -0.05) is 39.0 Å². The van der Waals surface area contributed by atoms with Crippen LogP contribution in [0.15, 0.2) is 60.9 Å². The molecule has 2 amide bonds. The minimum Gasteiger partial charge on any atom is -0.439 e. The van der Waals surface area contributed by atoms with Gasteiger partial charge in [0.25, 0.3) is 0 Å². The number of benzene rings is 1. The molecule has 0 unspecified atom stereocenters. The molecule has 4 aromatic rings. The van der Waals surface area contributed by atoms with Gasteiger partial charge in [0.1, 0.15) is 11.6 Å². The highest BCUT2D eigenvalue weighted by molar-refractivity contribution is 5.88. The summed E-state index contributed by atoms with van der Waals surface area (Å²) >= 11 is 0. The molecule has 0 saturated carbocycles. The van der Waals surface area contributed by atoms with Crippen LogP contribution < -0.4 is 20.3 Å². The maximum atomic E-state index is 13.0. The Morgan fingerprint density at radius 2 is 1.88 bits per heavy atom. The predicted octanol–water partition coefficient (Wildman–Crippen LogP) is 4.61. The smallest absolute Gasteiger partial charge is 0.320 e. The molecule has 11 heteroatoms. The maximum Gasteiger partial charge on any atom is 0.320 e. The number of hydrogen-bond acceptors (Lipinski definition) is 8. The third-order valence-electron chi connectivity index (χ3n) is 6.40. The third kappa shape index (κ3) is 6.55. The molecule has 0 spiro atoms. The van der Waals surface area contributed by atoms with Crippen molar-refractivity contribution in [3.05, 3.63) is 77.9 Å². The van der Waals surface area contributed by atoms with Crippen LogP contribution in [-0.4, -0.2) is 57.1 Å². The molecule has 11 nitrogen and oxygen atoms in total. The summed E-state index contributed by atoms with van der Waals surface area (Å²) in [5, 5.41) is 10.6. The van der Waals surface area contributed by atoms with Crippen molar-refractivity contribution in [1.82, 2.24) is 30.0 Å². The molecule has 4 heterocycles. The SMILES string of the molecule is Cc1ccc(-n2nc(C(C)(C)C)cc2NC(=O)NCc2ccccc2Oc2ccnc(N3CCOCC3)n2)cn1. The standard InChI is InChI=1S/C29H34N8O3/c1-20-9-10-22(19-31-20)37-25(17-24(35-37)29(2,3)4)33-28(38)32-18-21-7-5-6-8-23(21)40-26-11-12-30-27(34-26)36-13-15-39-16-14-36/h5-12,17,19H,13-16,18H2,1-4H3,(H2,32,33,38). The summed E-state index contributed by atoms with van der Waals surface area (Å²) in [6.07, 6.45) is 3.42. The van der Waals surface area contributed by atoms with Crippen molar-refractivity contribution in [1.29, 1.82) is 0 Å². The van der Waals surface area contributed by atoms with E-state index in [1.807, 2.05) is 49.4 Å². The summed E-state index contributed by atoms with van der Waals surface area (Å²) in [6, 6.07) is 14.6. The fourth-order valence-electron chi connectivity index (χ4n) is 4.12. The zero-order valence-electron chi connectivity index (χ0n) is 23.2. The van der Waals surface area contributed by atoms with Crippen molar-refractivity contribution in [2.24, 2.45) is 0 Å². The number of anilines is 2. The number of ether oxygens (including phenoxy) is 2. The monoisotopic (exact) mass is 542 g/mol. The number of rotatable bonds is 7. The molecule has 1 saturated heterocycles. The molecular formula is C29H34N8O3. The van der Waals surface area contributed by atoms with Crippen LogP contribution in [0, 0.1) is 6.92 Å². The lowest BCUT2D eigenvalue weighted by Crippen LogP contribution is -2.37. The van der Waals surface area contributed by atoms with E-state index < -0.39 is 0 Å². The number of carbonyl (C=O) groups excluding carboxylic acids is 1. The van der Waals surface area contributed by atoms with Gasteiger partial charge in [0.2, 0.25) is 11.8 Å². The largest absolute Gasteiger partial charge is 0.439 e. The van der Waals surface area contributed by atoms with Crippen molar-refractivity contribution in [3.8, 4) is 17.3 Å². The van der Waals surface area contributed by atoms with Gasteiger partial charge in [-0.2, -0.15) is 10.1 Å². The molecule has 1 fully saturated rings. The molecule has 1 aromatic carbocycles. The summed E-state index contributed by atoms with van der Waals surface area (Å²) < 4.78 is 13.2. The van der Waals surface area contributed by atoms with Crippen LogP contribution in [0.4, 0.5) is 16.6 Å². The van der Waals surface area contributed by atoms with Crippen LogP contribution in [0.25, 0.3) is 5.69 Å². The van der Waals surface area contributed by atoms with E-state index >= 15 is 0 Å². The highest BCUT2D eigenvalue weighted by atomic mass is 16.5. The fraction of sp³-hybridized carbons (Fsp3) is 0.345. The van der Waals surface area contributed by atoms with E-state index in [1.165, 1.54) is 0 Å². The van der Waals surface area contributed by atoms with E-state index in [2.05, 4.69) is 51.3 Å². The second kappa shape index (κ2) is 11.7. The number of morpholine rings is 1. The molecule has 0 bridgehead atoms. The first-order valence-corrected chi connectivity index (χ1v) is 13.3. The quantitative estimate of drug-likeness (QED) is 0.347. The minimum atomic E-state index is -0.367. The molecule has 40 heavy (non-hydrogen) atoms. The zero-order chi connectivity index (χ0) is 28.1. The molecule has 0 aliphatic carbocycles. The van der Waals surface area contributed by atoms with E-state index in [1.54, 1.807) is 23.1 Å². The van der Waals surface area contributed by atoms with Crippen LogP contribution >= 0.6 is 0 Å². The first-order valence-electron chi connectivity index (χ1n) is 13.3. The predicted molar refractivity (Wildman–Crippen MR) is 152 cm³/mol. The number of carbonyl (C=O) groups is 1. The molecule has 5 rings (SSSR count). The van der Waals surface area contributed by atoms with E-state index in [0.29, 0.717) is 36.6 Å². The number of para-hydroxylation sites is 1. The minimum absolute atomic E-state index is 0.199. The normalized spacial score (nSPS) is 13.7. The van der Waals surface area contributed by atoms with E-state index in [4.69, 9.17) is 14.6 Å². The summed E-state index contributed by atoms with van der Waals surface area (Å²) in [7, 11) is 0. The Hall–Kier alpha value is -4.51. The fourth-order valence-corrected chi connectivity index (χ4v) is 4.12. The number of aromatic nitrogens is 5. The first kappa shape index (κ1) is 27.1. The maximum absolute atomic E-state index is 13.0. The highest BCUT2D eigenvalue weighted by Crippen LogP contribution is 2.27. The molecule has 2 N–H and O–H groups in total. The van der Waals surface area contributed by atoms with Gasteiger partial charge in [0.05, 0.1) is 30.8 Å². The van der Waals surface area contributed by atoms with Crippen LogP contribution in [0.3, 0.4) is 0 Å². The second-order valence-corrected chi connectivity index (χ2v) is 10.5. The Labute approximate surface area is 233 Å². The van der Waals surface area contributed by atoms with Gasteiger partial charge in [0.15, 0.2) is 0 Å². The van der Waals surface area contributed by atoms with Crippen LogP contribution in [-0.2, 0) is 16.7 Å². The number of nitrogens with zero attached hydrogens (tertiary/aromatic N) is 6. The van der Waals surface area contributed by atoms with Gasteiger partial charge in [-0.25, -0.2) is 14.5 Å².